The Morgan fingerprint density at radius 2 is 1.96 bits per heavy atom. The van der Waals surface area contributed by atoms with Crippen molar-refractivity contribution in [3.05, 3.63) is 59.7 Å². The number of hydrogen-bond donors (Lipinski definition) is 1. The molecule has 2 unspecified atom stereocenters. The summed E-state index contributed by atoms with van der Waals surface area (Å²) in [5.74, 6) is 1.67. The number of para-hydroxylation sites is 1. The lowest BCUT2D eigenvalue weighted by Crippen LogP contribution is -2.39. The van der Waals surface area contributed by atoms with Crippen molar-refractivity contribution in [2.24, 2.45) is 0 Å². The van der Waals surface area contributed by atoms with Crippen molar-refractivity contribution < 1.29 is 19.3 Å². The van der Waals surface area contributed by atoms with Gasteiger partial charge in [0.05, 0.1) is 13.2 Å². The predicted octanol–water partition coefficient (Wildman–Crippen LogP) is 3.42. The second-order valence-corrected chi connectivity index (χ2v) is 7.41. The van der Waals surface area contributed by atoms with E-state index in [1.54, 1.807) is 7.11 Å². The van der Waals surface area contributed by atoms with Crippen LogP contribution in [0.15, 0.2) is 48.5 Å². The third-order valence-corrected chi connectivity index (χ3v) is 5.04. The summed E-state index contributed by atoms with van der Waals surface area (Å²) in [6, 6.07) is 15.9. The van der Waals surface area contributed by atoms with Crippen LogP contribution in [-0.2, 0) is 11.3 Å². The maximum Gasteiger partial charge on any atom is 0.122 e. The largest absolute Gasteiger partial charge is 0.497 e. The van der Waals surface area contributed by atoms with Gasteiger partial charge in [-0.1, -0.05) is 30.3 Å². The molecule has 0 aromatic heterocycles. The van der Waals surface area contributed by atoms with Crippen molar-refractivity contribution in [2.45, 2.75) is 38.5 Å². The maximum atomic E-state index is 10.6. The summed E-state index contributed by atoms with van der Waals surface area (Å²) in [6.45, 7) is 5.22. The smallest absolute Gasteiger partial charge is 0.122 e. The number of aliphatic hydroxyl groups is 1. The van der Waals surface area contributed by atoms with E-state index in [0.717, 1.165) is 49.6 Å². The minimum atomic E-state index is -0.570. The molecule has 1 N–H and O–H groups in total. The highest BCUT2D eigenvalue weighted by atomic mass is 16.5. The van der Waals surface area contributed by atoms with E-state index in [4.69, 9.17) is 14.2 Å². The van der Waals surface area contributed by atoms with E-state index < -0.39 is 6.10 Å². The first-order valence-electron chi connectivity index (χ1n) is 9.97. The fourth-order valence-electron chi connectivity index (χ4n) is 3.52. The summed E-state index contributed by atoms with van der Waals surface area (Å²) in [7, 11) is 1.67. The van der Waals surface area contributed by atoms with Gasteiger partial charge in [-0.05, 0) is 49.1 Å². The highest BCUT2D eigenvalue weighted by Gasteiger charge is 2.21. The van der Waals surface area contributed by atoms with E-state index in [-0.39, 0.29) is 12.7 Å². The first-order chi connectivity index (χ1) is 13.6. The Kier molecular flexibility index (Phi) is 7.71. The first kappa shape index (κ1) is 20.6. The fourth-order valence-corrected chi connectivity index (χ4v) is 3.52. The summed E-state index contributed by atoms with van der Waals surface area (Å²) >= 11 is 0. The zero-order valence-electron chi connectivity index (χ0n) is 16.8. The monoisotopic (exact) mass is 385 g/mol. The Morgan fingerprint density at radius 1 is 1.18 bits per heavy atom. The van der Waals surface area contributed by atoms with Crippen LogP contribution >= 0.6 is 0 Å². The van der Waals surface area contributed by atoms with E-state index in [1.165, 1.54) is 5.56 Å². The number of ether oxygens (including phenoxy) is 3. The van der Waals surface area contributed by atoms with Gasteiger partial charge in [0.2, 0.25) is 0 Å². The summed E-state index contributed by atoms with van der Waals surface area (Å²) in [5.41, 5.74) is 2.26. The molecule has 1 fully saturated rings. The van der Waals surface area contributed by atoms with Crippen LogP contribution < -0.4 is 9.47 Å². The molecule has 0 aliphatic carbocycles. The van der Waals surface area contributed by atoms with Crippen molar-refractivity contribution in [3.8, 4) is 11.5 Å². The molecule has 0 bridgehead atoms. The standard InChI is InChI=1S/C23H31NO4/c1-18-6-3-4-8-23(18)28-17-20(25)15-24(16-22-7-5-13-27-22)14-19-9-11-21(26-2)12-10-19/h3-4,6,8-12,20,22,25H,5,7,13-17H2,1-2H3. The molecule has 3 rings (SSSR count). The number of hydrogen-bond acceptors (Lipinski definition) is 5. The Labute approximate surface area is 167 Å². The van der Waals surface area contributed by atoms with Crippen LogP contribution in [0.3, 0.4) is 0 Å². The lowest BCUT2D eigenvalue weighted by Gasteiger charge is -2.27. The first-order valence-corrected chi connectivity index (χ1v) is 9.97. The molecule has 1 aliphatic heterocycles. The molecule has 1 saturated heterocycles. The molecule has 1 heterocycles. The van der Waals surface area contributed by atoms with Gasteiger partial charge in [0.1, 0.15) is 24.2 Å². The number of aryl methyl sites for hydroxylation is 1. The number of rotatable bonds is 10. The normalized spacial score (nSPS) is 17.6. The quantitative estimate of drug-likeness (QED) is 0.679. The van der Waals surface area contributed by atoms with Crippen LogP contribution in [0.2, 0.25) is 0 Å². The molecule has 0 spiro atoms. The molecule has 28 heavy (non-hydrogen) atoms. The minimum absolute atomic E-state index is 0.239. The molecule has 0 amide bonds. The van der Waals surface area contributed by atoms with E-state index in [0.29, 0.717) is 6.54 Å². The average molecular weight is 386 g/mol. The van der Waals surface area contributed by atoms with Gasteiger partial charge in [-0.2, -0.15) is 0 Å². The maximum absolute atomic E-state index is 10.6. The van der Waals surface area contributed by atoms with E-state index in [2.05, 4.69) is 17.0 Å². The van der Waals surface area contributed by atoms with Crippen LogP contribution in [0.25, 0.3) is 0 Å². The molecule has 5 heteroatoms. The average Bonchev–Trinajstić information content (AvgIpc) is 3.21. The predicted molar refractivity (Wildman–Crippen MR) is 110 cm³/mol. The van der Waals surface area contributed by atoms with Crippen molar-refractivity contribution in [3.63, 3.8) is 0 Å². The van der Waals surface area contributed by atoms with Gasteiger partial charge in [-0.3, -0.25) is 4.90 Å². The Hall–Kier alpha value is -2.08. The molecule has 152 valence electrons. The molecule has 1 aliphatic rings. The fraction of sp³-hybridized carbons (Fsp3) is 0.478. The summed E-state index contributed by atoms with van der Waals surface area (Å²) in [5, 5.41) is 10.6. The molecular weight excluding hydrogens is 354 g/mol. The Balaban J connectivity index is 1.57. The third-order valence-electron chi connectivity index (χ3n) is 5.04. The van der Waals surface area contributed by atoms with E-state index >= 15 is 0 Å². The molecule has 0 radical (unpaired) electrons. The molecule has 2 aromatic rings. The number of methoxy groups -OCH3 is 1. The number of aliphatic hydroxyl groups excluding tert-OH is 1. The molecule has 2 atom stereocenters. The third kappa shape index (κ3) is 6.23. The highest BCUT2D eigenvalue weighted by Crippen LogP contribution is 2.19. The summed E-state index contributed by atoms with van der Waals surface area (Å²) in [4.78, 5) is 2.25. The van der Waals surface area contributed by atoms with E-state index in [1.807, 2.05) is 43.3 Å². The van der Waals surface area contributed by atoms with Crippen LogP contribution in [0.1, 0.15) is 24.0 Å². The Bertz CT molecular complexity index is 713. The van der Waals surface area contributed by atoms with E-state index in [9.17, 15) is 5.11 Å². The lowest BCUT2D eigenvalue weighted by molar-refractivity contribution is 0.0312. The van der Waals surface area contributed by atoms with Crippen LogP contribution in [0, 0.1) is 6.92 Å². The second-order valence-electron chi connectivity index (χ2n) is 7.41. The lowest BCUT2D eigenvalue weighted by atomic mass is 10.1. The zero-order valence-corrected chi connectivity index (χ0v) is 16.8. The molecule has 0 saturated carbocycles. The minimum Gasteiger partial charge on any atom is -0.497 e. The number of benzene rings is 2. The van der Waals surface area contributed by atoms with Gasteiger partial charge >= 0.3 is 0 Å². The molecule has 5 nitrogen and oxygen atoms in total. The second kappa shape index (κ2) is 10.5. The highest BCUT2D eigenvalue weighted by molar-refractivity contribution is 5.31. The summed E-state index contributed by atoms with van der Waals surface area (Å²) < 4.78 is 16.9. The SMILES string of the molecule is COc1ccc(CN(CC(O)COc2ccccc2C)CC2CCCO2)cc1. The molecule has 2 aromatic carbocycles. The van der Waals surface area contributed by atoms with Gasteiger partial charge in [-0.25, -0.2) is 0 Å². The van der Waals surface area contributed by atoms with Gasteiger partial charge in [0, 0.05) is 26.2 Å². The number of nitrogens with zero attached hydrogens (tertiary/aromatic N) is 1. The van der Waals surface area contributed by atoms with Gasteiger partial charge < -0.3 is 19.3 Å². The Morgan fingerprint density at radius 3 is 2.64 bits per heavy atom. The van der Waals surface area contributed by atoms with Gasteiger partial charge in [-0.15, -0.1) is 0 Å². The van der Waals surface area contributed by atoms with Crippen LogP contribution in [0.5, 0.6) is 11.5 Å². The zero-order chi connectivity index (χ0) is 19.8. The van der Waals surface area contributed by atoms with Gasteiger partial charge in [0.15, 0.2) is 0 Å². The molecular formula is C23H31NO4. The topological polar surface area (TPSA) is 51.2 Å². The van der Waals surface area contributed by atoms with Gasteiger partial charge in [0.25, 0.3) is 0 Å². The van der Waals surface area contributed by atoms with Crippen LogP contribution in [-0.4, -0.2) is 55.6 Å². The van der Waals surface area contributed by atoms with Crippen molar-refractivity contribution >= 4 is 0 Å². The van der Waals surface area contributed by atoms with Crippen molar-refractivity contribution in [2.75, 3.05) is 33.4 Å². The van der Waals surface area contributed by atoms with Crippen molar-refractivity contribution in [1.82, 2.24) is 4.90 Å². The van der Waals surface area contributed by atoms with Crippen LogP contribution in [0.4, 0.5) is 0 Å². The summed E-state index contributed by atoms with van der Waals surface area (Å²) in [6.07, 6.45) is 1.86. The van der Waals surface area contributed by atoms with Crippen molar-refractivity contribution in [1.29, 1.82) is 0 Å².